The van der Waals surface area contributed by atoms with E-state index in [1.54, 1.807) is 0 Å². The highest BCUT2D eigenvalue weighted by molar-refractivity contribution is 6.09. The maximum absolute atomic E-state index is 2.47. The van der Waals surface area contributed by atoms with E-state index in [1.165, 1.54) is 126 Å². The first-order chi connectivity index (χ1) is 24.8. The zero-order valence-electron chi connectivity index (χ0n) is 28.7. The van der Waals surface area contributed by atoms with E-state index in [0.717, 1.165) is 12.8 Å². The minimum atomic E-state index is 0.507. The number of aryl methyl sites for hydroxylation is 2. The summed E-state index contributed by atoms with van der Waals surface area (Å²) in [6, 6.07) is 56.1. The molecule has 8 aromatic rings. The van der Waals surface area contributed by atoms with Crippen molar-refractivity contribution in [1.82, 2.24) is 0 Å². The van der Waals surface area contributed by atoms with Gasteiger partial charge in [-0.25, -0.2) is 0 Å². The van der Waals surface area contributed by atoms with Crippen molar-refractivity contribution < 1.29 is 0 Å². The van der Waals surface area contributed by atoms with Gasteiger partial charge in [-0.15, -0.1) is 0 Å². The fourth-order valence-corrected chi connectivity index (χ4v) is 9.62. The summed E-state index contributed by atoms with van der Waals surface area (Å²) in [6.45, 7) is 0. The molecule has 2 unspecified atom stereocenters. The van der Waals surface area contributed by atoms with Crippen molar-refractivity contribution in [2.45, 2.75) is 63.2 Å². The Labute approximate surface area is 295 Å². The molecule has 0 aliphatic heterocycles. The largest absolute Gasteiger partial charge is 0.0616 e. The van der Waals surface area contributed by atoms with E-state index >= 15 is 0 Å². The molecule has 242 valence electrons. The van der Waals surface area contributed by atoms with Crippen LogP contribution in [-0.4, -0.2) is 0 Å². The smallest absolute Gasteiger partial charge is 0.00865 e. The van der Waals surface area contributed by atoms with Gasteiger partial charge in [0.1, 0.15) is 0 Å². The van der Waals surface area contributed by atoms with Crippen LogP contribution in [0.25, 0.3) is 65.3 Å². The second-order valence-electron chi connectivity index (χ2n) is 14.8. The zero-order chi connectivity index (χ0) is 33.0. The normalized spacial score (nSPS) is 17.8. The number of hydrogen-bond acceptors (Lipinski definition) is 0. The van der Waals surface area contributed by atoms with Gasteiger partial charge in [0.25, 0.3) is 0 Å². The average molecular weight is 643 g/mol. The van der Waals surface area contributed by atoms with Gasteiger partial charge in [-0.3, -0.25) is 0 Å². The fraction of sp³-hybridized carbons (Fsp3) is 0.200. The molecule has 8 bridgehead atoms. The molecule has 0 aromatic heterocycles. The highest BCUT2D eigenvalue weighted by Gasteiger charge is 2.35. The van der Waals surface area contributed by atoms with Crippen LogP contribution in [0.5, 0.6) is 0 Å². The topological polar surface area (TPSA) is 0 Å². The highest BCUT2D eigenvalue weighted by Crippen LogP contribution is 2.53. The molecule has 0 N–H and O–H groups in total. The highest BCUT2D eigenvalue weighted by atomic mass is 14.4. The molecule has 0 radical (unpaired) electrons. The van der Waals surface area contributed by atoms with E-state index < -0.39 is 0 Å². The second kappa shape index (κ2) is 12.3. The van der Waals surface area contributed by atoms with Crippen LogP contribution in [-0.2, 0) is 12.8 Å². The summed E-state index contributed by atoms with van der Waals surface area (Å²) >= 11 is 0. The first kappa shape index (κ1) is 29.7. The number of benzene rings is 8. The van der Waals surface area contributed by atoms with Crippen LogP contribution in [0.2, 0.25) is 0 Å². The Bertz CT molecular complexity index is 2390. The van der Waals surface area contributed by atoms with Gasteiger partial charge < -0.3 is 0 Å². The maximum Gasteiger partial charge on any atom is -0.00865 e. The Morgan fingerprint density at radius 1 is 0.280 bits per heavy atom. The zero-order valence-corrected chi connectivity index (χ0v) is 28.7. The molecule has 2 atom stereocenters. The lowest BCUT2D eigenvalue weighted by atomic mass is 9.65. The van der Waals surface area contributed by atoms with Crippen LogP contribution >= 0.6 is 0 Å². The van der Waals surface area contributed by atoms with Gasteiger partial charge in [-0.1, -0.05) is 158 Å². The van der Waals surface area contributed by atoms with Gasteiger partial charge in [0.05, 0.1) is 0 Å². The quantitative estimate of drug-likeness (QED) is 0.154. The summed E-state index contributed by atoms with van der Waals surface area (Å²) in [7, 11) is 0. The van der Waals surface area contributed by atoms with E-state index in [1.807, 2.05) is 0 Å². The molecule has 0 amide bonds. The van der Waals surface area contributed by atoms with Crippen molar-refractivity contribution in [1.29, 1.82) is 0 Å². The lowest BCUT2D eigenvalue weighted by Gasteiger charge is -2.39. The summed E-state index contributed by atoms with van der Waals surface area (Å²) in [5, 5.41) is 11.1. The first-order valence-electron chi connectivity index (χ1n) is 18.9. The molecule has 0 saturated heterocycles. The summed E-state index contributed by atoms with van der Waals surface area (Å²) in [5.74, 6) is 1.01. The SMILES string of the molecule is c1ccc2c3ccc(c2c1)CCCCCCc1ccc(c2ccccc12)-c1ccc(c2ccccc12)C1CCC1c1ccc-3c2ccccc12. The van der Waals surface area contributed by atoms with Crippen molar-refractivity contribution in [3.8, 4) is 22.3 Å². The monoisotopic (exact) mass is 642 g/mol. The molecular weight excluding hydrogens is 601 g/mol. The minimum Gasteiger partial charge on any atom is -0.0616 e. The van der Waals surface area contributed by atoms with Gasteiger partial charge in [-0.2, -0.15) is 0 Å². The van der Waals surface area contributed by atoms with E-state index in [4.69, 9.17) is 0 Å². The summed E-state index contributed by atoms with van der Waals surface area (Å²) < 4.78 is 0. The molecule has 3 aliphatic carbocycles. The van der Waals surface area contributed by atoms with Gasteiger partial charge in [0.2, 0.25) is 0 Å². The van der Waals surface area contributed by atoms with E-state index in [2.05, 4.69) is 146 Å². The maximum atomic E-state index is 2.47. The predicted octanol–water partition coefficient (Wildman–Crippen LogP) is 14.0. The standard InChI is InChI=1S/C50H42/c1-2-4-14-34-24-26-44(38-18-8-6-16-36(34)38)46-28-30-48(42-22-12-10-20-40(42)46)50-32-31-49(50)47-29-27-45(39-19-9-11-21-41(39)47)43-25-23-33(13-3-1)35-15-5-7-17-37(35)43/h5-12,15-30,49-50H,1-4,13-14,31-32H2. The molecule has 3 aliphatic rings. The van der Waals surface area contributed by atoms with Crippen molar-refractivity contribution in [3.05, 3.63) is 168 Å². The Balaban J connectivity index is 1.17. The van der Waals surface area contributed by atoms with Gasteiger partial charge in [0.15, 0.2) is 0 Å². The van der Waals surface area contributed by atoms with Crippen LogP contribution in [0.3, 0.4) is 0 Å². The van der Waals surface area contributed by atoms with Gasteiger partial charge in [0, 0.05) is 0 Å². The van der Waals surface area contributed by atoms with Crippen molar-refractivity contribution in [3.63, 3.8) is 0 Å². The molecule has 0 heteroatoms. The Morgan fingerprint density at radius 2 is 0.600 bits per heavy atom. The number of rotatable bonds is 0. The summed E-state index contributed by atoms with van der Waals surface area (Å²) in [5.41, 5.74) is 11.4. The van der Waals surface area contributed by atoms with Crippen LogP contribution < -0.4 is 0 Å². The van der Waals surface area contributed by atoms with E-state index in [9.17, 15) is 0 Å². The van der Waals surface area contributed by atoms with Crippen LogP contribution in [0.1, 0.15) is 72.6 Å². The molecular formula is C50H42. The van der Waals surface area contributed by atoms with Crippen LogP contribution in [0.4, 0.5) is 0 Å². The first-order valence-corrected chi connectivity index (χ1v) is 18.9. The Morgan fingerprint density at radius 3 is 0.980 bits per heavy atom. The molecule has 1 saturated carbocycles. The minimum absolute atomic E-state index is 0.507. The second-order valence-corrected chi connectivity index (χ2v) is 14.8. The van der Waals surface area contributed by atoms with E-state index in [0.29, 0.717) is 11.8 Å². The average Bonchev–Trinajstić information content (AvgIpc) is 3.16. The molecule has 8 aromatic carbocycles. The molecule has 1 fully saturated rings. The van der Waals surface area contributed by atoms with Crippen LogP contribution in [0.15, 0.2) is 146 Å². The van der Waals surface area contributed by atoms with Crippen molar-refractivity contribution in [2.24, 2.45) is 0 Å². The lowest BCUT2D eigenvalue weighted by Crippen LogP contribution is -2.22. The third-order valence-corrected chi connectivity index (χ3v) is 12.2. The number of hydrogen-bond donors (Lipinski definition) is 0. The molecule has 11 rings (SSSR count). The molecule has 0 spiro atoms. The summed E-state index contributed by atoms with van der Waals surface area (Å²) in [4.78, 5) is 0. The van der Waals surface area contributed by atoms with Crippen molar-refractivity contribution >= 4 is 43.1 Å². The van der Waals surface area contributed by atoms with E-state index in [-0.39, 0.29) is 0 Å². The Hall–Kier alpha value is -5.20. The Kier molecular flexibility index (Phi) is 7.30. The molecule has 0 nitrogen and oxygen atoms in total. The van der Waals surface area contributed by atoms with Gasteiger partial charge in [-0.05, 0) is 138 Å². The third-order valence-electron chi connectivity index (χ3n) is 12.2. The van der Waals surface area contributed by atoms with Crippen LogP contribution in [0, 0.1) is 0 Å². The molecule has 0 heterocycles. The predicted molar refractivity (Wildman–Crippen MR) is 214 cm³/mol. The summed E-state index contributed by atoms with van der Waals surface area (Å²) in [6.07, 6.45) is 9.71. The van der Waals surface area contributed by atoms with Gasteiger partial charge >= 0.3 is 0 Å². The van der Waals surface area contributed by atoms with Crippen molar-refractivity contribution in [2.75, 3.05) is 0 Å². The third kappa shape index (κ3) is 4.80. The number of fused-ring (bicyclic) bond motifs is 9. The lowest BCUT2D eigenvalue weighted by molar-refractivity contribution is 0.350. The molecule has 50 heavy (non-hydrogen) atoms. The fourth-order valence-electron chi connectivity index (χ4n) is 9.62.